The molecule has 0 amide bonds. The number of rotatable bonds is 2. The molecule has 2 heterocycles. The molecule has 5 nitrogen and oxygen atoms in total. The number of aromatic nitrogens is 2. The van der Waals surface area contributed by atoms with Crippen LogP contribution in [0.1, 0.15) is 31.6 Å². The van der Waals surface area contributed by atoms with Crippen molar-refractivity contribution in [2.45, 2.75) is 31.8 Å². The summed E-state index contributed by atoms with van der Waals surface area (Å²) >= 11 is 0. The first-order valence-electron chi connectivity index (χ1n) is 4.48. The van der Waals surface area contributed by atoms with Gasteiger partial charge in [-0.2, -0.15) is 0 Å². The highest BCUT2D eigenvalue weighted by atomic mass is 16.5. The Balaban J connectivity index is 2.20. The number of hydrogen-bond donors (Lipinski definition) is 1. The van der Waals surface area contributed by atoms with Gasteiger partial charge in [-0.05, 0) is 12.8 Å². The number of hydrogen-bond acceptors (Lipinski definition) is 4. The summed E-state index contributed by atoms with van der Waals surface area (Å²) in [6.07, 6.45) is 1.94. The molecule has 2 unspecified atom stereocenters. The minimum absolute atomic E-state index is 0.143. The molecule has 1 aliphatic rings. The quantitative estimate of drug-likeness (QED) is 0.732. The largest absolute Gasteiger partial charge is 0.434 e. The van der Waals surface area contributed by atoms with E-state index in [0.717, 1.165) is 19.4 Å². The summed E-state index contributed by atoms with van der Waals surface area (Å²) in [6.45, 7) is 2.77. The Morgan fingerprint density at radius 2 is 2.54 bits per heavy atom. The van der Waals surface area contributed by atoms with Crippen LogP contribution in [-0.4, -0.2) is 22.9 Å². The number of H-pyrrole nitrogens is 1. The van der Waals surface area contributed by atoms with E-state index in [9.17, 15) is 4.79 Å². The molecule has 0 aliphatic carbocycles. The highest BCUT2D eigenvalue weighted by molar-refractivity contribution is 4.96. The summed E-state index contributed by atoms with van der Waals surface area (Å²) < 4.78 is 10.4. The number of nitrogens with zero attached hydrogens (tertiary/aromatic N) is 1. The lowest BCUT2D eigenvalue weighted by Gasteiger charge is -2.11. The molecule has 0 saturated carbocycles. The van der Waals surface area contributed by atoms with E-state index in [4.69, 9.17) is 9.15 Å². The summed E-state index contributed by atoms with van der Waals surface area (Å²) in [5.41, 5.74) is 0. The molecule has 1 aliphatic heterocycles. The van der Waals surface area contributed by atoms with Crippen molar-refractivity contribution in [3.8, 4) is 0 Å². The van der Waals surface area contributed by atoms with Gasteiger partial charge in [0.25, 0.3) is 0 Å². The van der Waals surface area contributed by atoms with Gasteiger partial charge in [-0.3, -0.25) is 0 Å². The maximum Gasteiger partial charge on any atom is 0.434 e. The van der Waals surface area contributed by atoms with Crippen LogP contribution in [0.5, 0.6) is 0 Å². The third-order valence-electron chi connectivity index (χ3n) is 2.38. The van der Waals surface area contributed by atoms with Crippen molar-refractivity contribution in [1.29, 1.82) is 0 Å². The molecule has 0 aromatic carbocycles. The Morgan fingerprint density at radius 1 is 1.69 bits per heavy atom. The summed E-state index contributed by atoms with van der Waals surface area (Å²) in [5.74, 6) is 0.134. The molecule has 1 saturated heterocycles. The van der Waals surface area contributed by atoms with E-state index >= 15 is 0 Å². The van der Waals surface area contributed by atoms with Gasteiger partial charge in [-0.25, -0.2) is 9.89 Å². The standard InChI is InChI=1S/C8H12N2O3/c1-2-6-5(3-4-12-6)7-9-10-8(11)13-7/h5-6H,2-4H2,1H3,(H,10,11). The van der Waals surface area contributed by atoms with Crippen LogP contribution in [0.15, 0.2) is 9.21 Å². The monoisotopic (exact) mass is 184 g/mol. The molecule has 1 aromatic heterocycles. The zero-order valence-electron chi connectivity index (χ0n) is 7.45. The SMILES string of the molecule is CCC1OCCC1c1n[nH]c(=O)o1. The molecule has 1 fully saturated rings. The molecular formula is C8H12N2O3. The number of aromatic amines is 1. The molecule has 1 aromatic rings. The Kier molecular flexibility index (Phi) is 2.18. The summed E-state index contributed by atoms with van der Waals surface area (Å²) in [4.78, 5) is 10.7. The Hall–Kier alpha value is -1.10. The van der Waals surface area contributed by atoms with Gasteiger partial charge in [0.2, 0.25) is 5.89 Å². The first-order chi connectivity index (χ1) is 6.31. The van der Waals surface area contributed by atoms with Crippen LogP contribution in [0.4, 0.5) is 0 Å². The van der Waals surface area contributed by atoms with Gasteiger partial charge in [0, 0.05) is 6.61 Å². The molecular weight excluding hydrogens is 172 g/mol. The van der Waals surface area contributed by atoms with Crippen LogP contribution in [0.3, 0.4) is 0 Å². The van der Waals surface area contributed by atoms with Gasteiger partial charge >= 0.3 is 5.76 Å². The fraction of sp³-hybridized carbons (Fsp3) is 0.750. The first-order valence-corrected chi connectivity index (χ1v) is 4.48. The van der Waals surface area contributed by atoms with Gasteiger partial charge in [-0.1, -0.05) is 6.92 Å². The van der Waals surface area contributed by atoms with Crippen molar-refractivity contribution < 1.29 is 9.15 Å². The summed E-state index contributed by atoms with van der Waals surface area (Å²) in [7, 11) is 0. The molecule has 0 bridgehead atoms. The second kappa shape index (κ2) is 3.33. The van der Waals surface area contributed by atoms with Crippen molar-refractivity contribution in [3.05, 3.63) is 16.4 Å². The molecule has 0 spiro atoms. The van der Waals surface area contributed by atoms with Crippen LogP contribution < -0.4 is 5.76 Å². The third-order valence-corrected chi connectivity index (χ3v) is 2.38. The fourth-order valence-electron chi connectivity index (χ4n) is 1.73. The fourth-order valence-corrected chi connectivity index (χ4v) is 1.73. The van der Waals surface area contributed by atoms with Crippen molar-refractivity contribution >= 4 is 0 Å². The average molecular weight is 184 g/mol. The second-order valence-electron chi connectivity index (χ2n) is 3.16. The zero-order valence-corrected chi connectivity index (χ0v) is 7.45. The maximum atomic E-state index is 10.7. The smallest absolute Gasteiger partial charge is 0.392 e. The Bertz CT molecular complexity index is 330. The lowest BCUT2D eigenvalue weighted by atomic mass is 10.00. The van der Waals surface area contributed by atoms with Crippen LogP contribution >= 0.6 is 0 Å². The molecule has 2 atom stereocenters. The molecule has 72 valence electrons. The maximum absolute atomic E-state index is 10.7. The van der Waals surface area contributed by atoms with Gasteiger partial charge < -0.3 is 9.15 Å². The van der Waals surface area contributed by atoms with Gasteiger partial charge in [0.1, 0.15) is 0 Å². The van der Waals surface area contributed by atoms with Crippen molar-refractivity contribution in [1.82, 2.24) is 10.2 Å². The minimum Gasteiger partial charge on any atom is -0.392 e. The van der Waals surface area contributed by atoms with Crippen LogP contribution in [0.25, 0.3) is 0 Å². The number of ether oxygens (including phenoxy) is 1. The van der Waals surface area contributed by atoms with Gasteiger partial charge in [0.15, 0.2) is 0 Å². The van der Waals surface area contributed by atoms with Crippen LogP contribution in [-0.2, 0) is 4.74 Å². The predicted octanol–water partition coefficient (Wildman–Crippen LogP) is 0.645. The van der Waals surface area contributed by atoms with Crippen molar-refractivity contribution in [2.24, 2.45) is 0 Å². The summed E-state index contributed by atoms with van der Waals surface area (Å²) in [6, 6.07) is 0. The van der Waals surface area contributed by atoms with Crippen LogP contribution in [0, 0.1) is 0 Å². The van der Waals surface area contributed by atoms with Crippen molar-refractivity contribution in [3.63, 3.8) is 0 Å². The molecule has 0 radical (unpaired) electrons. The highest BCUT2D eigenvalue weighted by Crippen LogP contribution is 2.30. The van der Waals surface area contributed by atoms with E-state index < -0.39 is 5.76 Å². The minimum atomic E-state index is -0.489. The Labute approximate surface area is 75.1 Å². The topological polar surface area (TPSA) is 68.1 Å². The average Bonchev–Trinajstić information content (AvgIpc) is 2.71. The Morgan fingerprint density at radius 3 is 3.15 bits per heavy atom. The van der Waals surface area contributed by atoms with Crippen molar-refractivity contribution in [2.75, 3.05) is 6.61 Å². The number of nitrogens with one attached hydrogen (secondary N) is 1. The lowest BCUT2D eigenvalue weighted by Crippen LogP contribution is -2.13. The molecule has 5 heteroatoms. The molecule has 13 heavy (non-hydrogen) atoms. The van der Waals surface area contributed by atoms with E-state index in [1.54, 1.807) is 0 Å². The highest BCUT2D eigenvalue weighted by Gasteiger charge is 2.31. The molecule has 2 rings (SSSR count). The van der Waals surface area contributed by atoms with E-state index in [1.807, 2.05) is 6.92 Å². The third kappa shape index (κ3) is 1.51. The van der Waals surface area contributed by atoms with Gasteiger partial charge in [-0.15, -0.1) is 5.10 Å². The van der Waals surface area contributed by atoms with E-state index in [1.165, 1.54) is 0 Å². The van der Waals surface area contributed by atoms with Crippen LogP contribution in [0.2, 0.25) is 0 Å². The molecule has 1 N–H and O–H groups in total. The lowest BCUT2D eigenvalue weighted by molar-refractivity contribution is 0.0963. The van der Waals surface area contributed by atoms with E-state index in [2.05, 4.69) is 10.2 Å². The second-order valence-corrected chi connectivity index (χ2v) is 3.16. The normalized spacial score (nSPS) is 28.1. The van der Waals surface area contributed by atoms with E-state index in [0.29, 0.717) is 5.89 Å². The first kappa shape index (κ1) is 8.50. The van der Waals surface area contributed by atoms with E-state index in [-0.39, 0.29) is 12.0 Å². The zero-order chi connectivity index (χ0) is 9.26. The van der Waals surface area contributed by atoms with Gasteiger partial charge in [0.05, 0.1) is 12.0 Å². The summed E-state index contributed by atoms with van der Waals surface area (Å²) in [5, 5.41) is 6.07. The predicted molar refractivity (Wildman–Crippen MR) is 44.5 cm³/mol.